The number of rotatable bonds is 4. The number of carbonyl (C=O) groups excluding carboxylic acids is 1. The molecule has 2 rings (SSSR count). The first-order valence-corrected chi connectivity index (χ1v) is 6.64. The summed E-state index contributed by atoms with van der Waals surface area (Å²) < 4.78 is 5.67. The summed E-state index contributed by atoms with van der Waals surface area (Å²) in [5.74, 6) is 6.99. The van der Waals surface area contributed by atoms with Gasteiger partial charge in [0.05, 0.1) is 0 Å². The summed E-state index contributed by atoms with van der Waals surface area (Å²) in [6.07, 6.45) is 1.34. The first-order valence-electron chi connectivity index (χ1n) is 6.64. The molecular formula is C16H19NO2. The average molecular weight is 257 g/mol. The van der Waals surface area contributed by atoms with Crippen molar-refractivity contribution < 1.29 is 9.53 Å². The Morgan fingerprint density at radius 1 is 1.26 bits per heavy atom. The number of piperidine rings is 1. The lowest BCUT2D eigenvalue weighted by molar-refractivity contribution is -0.121. The third-order valence-corrected chi connectivity index (χ3v) is 3.26. The van der Waals surface area contributed by atoms with Crippen molar-refractivity contribution in [3.8, 4) is 17.6 Å². The fraction of sp³-hybridized carbons (Fsp3) is 0.438. The zero-order valence-electron chi connectivity index (χ0n) is 11.3. The Morgan fingerprint density at radius 2 is 2.00 bits per heavy atom. The SMILES string of the molecule is CC#CCOc1ccccc1CN1CCC(=O)CC1. The third-order valence-electron chi connectivity index (χ3n) is 3.26. The maximum Gasteiger partial charge on any atom is 0.149 e. The molecule has 0 unspecified atom stereocenters. The molecule has 1 aliphatic heterocycles. The van der Waals surface area contributed by atoms with Gasteiger partial charge >= 0.3 is 0 Å². The van der Waals surface area contributed by atoms with Gasteiger partial charge in [-0.3, -0.25) is 9.69 Å². The fourth-order valence-corrected chi connectivity index (χ4v) is 2.16. The number of hydrogen-bond acceptors (Lipinski definition) is 3. The van der Waals surface area contributed by atoms with Crippen LogP contribution in [0.1, 0.15) is 25.3 Å². The van der Waals surface area contributed by atoms with Crippen LogP contribution in [-0.2, 0) is 11.3 Å². The molecule has 0 bridgehead atoms. The molecule has 100 valence electrons. The van der Waals surface area contributed by atoms with Crippen LogP contribution in [0, 0.1) is 11.8 Å². The van der Waals surface area contributed by atoms with Crippen LogP contribution in [0.25, 0.3) is 0 Å². The van der Waals surface area contributed by atoms with Crippen molar-refractivity contribution in [2.75, 3.05) is 19.7 Å². The topological polar surface area (TPSA) is 29.5 Å². The van der Waals surface area contributed by atoms with Crippen molar-refractivity contribution in [1.29, 1.82) is 0 Å². The average Bonchev–Trinajstić information content (AvgIpc) is 2.43. The monoisotopic (exact) mass is 257 g/mol. The highest BCUT2D eigenvalue weighted by molar-refractivity contribution is 5.79. The number of ether oxygens (including phenoxy) is 1. The summed E-state index contributed by atoms with van der Waals surface area (Å²) in [5.41, 5.74) is 1.16. The van der Waals surface area contributed by atoms with E-state index in [0.717, 1.165) is 30.9 Å². The van der Waals surface area contributed by atoms with E-state index in [9.17, 15) is 4.79 Å². The van der Waals surface area contributed by atoms with Crippen molar-refractivity contribution in [3.05, 3.63) is 29.8 Å². The van der Waals surface area contributed by atoms with Gasteiger partial charge in [-0.2, -0.15) is 0 Å². The zero-order valence-corrected chi connectivity index (χ0v) is 11.3. The maximum atomic E-state index is 11.2. The van der Waals surface area contributed by atoms with Crippen LogP contribution in [-0.4, -0.2) is 30.4 Å². The van der Waals surface area contributed by atoms with Gasteiger partial charge in [0.25, 0.3) is 0 Å². The summed E-state index contributed by atoms with van der Waals surface area (Å²) in [4.78, 5) is 13.5. The fourth-order valence-electron chi connectivity index (χ4n) is 2.16. The van der Waals surface area contributed by atoms with Crippen molar-refractivity contribution in [3.63, 3.8) is 0 Å². The first-order chi connectivity index (χ1) is 9.29. The number of ketones is 1. The minimum absolute atomic E-state index is 0.374. The Balaban J connectivity index is 1.98. The van der Waals surface area contributed by atoms with Gasteiger partial charge in [0.2, 0.25) is 0 Å². The normalized spacial score (nSPS) is 15.7. The van der Waals surface area contributed by atoms with Crippen LogP contribution in [0.15, 0.2) is 24.3 Å². The molecule has 1 heterocycles. The van der Waals surface area contributed by atoms with Gasteiger partial charge in [0, 0.05) is 38.0 Å². The Morgan fingerprint density at radius 3 is 2.74 bits per heavy atom. The van der Waals surface area contributed by atoms with Crippen LogP contribution in [0.5, 0.6) is 5.75 Å². The summed E-state index contributed by atoms with van der Waals surface area (Å²) in [7, 11) is 0. The number of hydrogen-bond donors (Lipinski definition) is 0. The van der Waals surface area contributed by atoms with Crippen LogP contribution < -0.4 is 4.74 Å². The number of nitrogens with zero attached hydrogens (tertiary/aromatic N) is 1. The standard InChI is InChI=1S/C16H19NO2/c1-2-3-12-19-16-7-5-4-6-14(16)13-17-10-8-15(18)9-11-17/h4-7H,8-13H2,1H3. The number of Topliss-reactive ketones (excluding diaryl/α,β-unsaturated/α-hetero) is 1. The third kappa shape index (κ3) is 4.11. The van der Waals surface area contributed by atoms with E-state index in [0.29, 0.717) is 25.2 Å². The first kappa shape index (κ1) is 13.6. The van der Waals surface area contributed by atoms with Crippen molar-refractivity contribution in [2.24, 2.45) is 0 Å². The molecule has 1 aromatic carbocycles. The molecule has 1 aromatic rings. The van der Waals surface area contributed by atoms with Crippen LogP contribution in [0.4, 0.5) is 0 Å². The second kappa shape index (κ2) is 6.96. The second-order valence-corrected chi connectivity index (χ2v) is 4.64. The zero-order chi connectivity index (χ0) is 13.5. The molecule has 0 spiro atoms. The van der Waals surface area contributed by atoms with Crippen molar-refractivity contribution in [2.45, 2.75) is 26.3 Å². The van der Waals surface area contributed by atoms with Gasteiger partial charge < -0.3 is 4.74 Å². The van der Waals surface area contributed by atoms with Crippen LogP contribution in [0.2, 0.25) is 0 Å². The van der Waals surface area contributed by atoms with Crippen LogP contribution >= 0.6 is 0 Å². The molecule has 0 N–H and O–H groups in total. The summed E-state index contributed by atoms with van der Waals surface area (Å²) in [5, 5.41) is 0. The number of benzene rings is 1. The quantitative estimate of drug-likeness (QED) is 0.775. The number of carbonyl (C=O) groups is 1. The Hall–Kier alpha value is -1.79. The highest BCUT2D eigenvalue weighted by Crippen LogP contribution is 2.21. The largest absolute Gasteiger partial charge is 0.481 e. The van der Waals surface area contributed by atoms with E-state index in [4.69, 9.17) is 4.74 Å². The molecule has 1 saturated heterocycles. The molecule has 0 atom stereocenters. The molecule has 1 fully saturated rings. The van der Waals surface area contributed by atoms with Gasteiger partial charge in [-0.1, -0.05) is 24.1 Å². The van der Waals surface area contributed by atoms with E-state index >= 15 is 0 Å². The summed E-state index contributed by atoms with van der Waals surface area (Å²) in [6.45, 7) is 4.76. The molecule has 3 nitrogen and oxygen atoms in total. The molecule has 0 aliphatic carbocycles. The molecule has 19 heavy (non-hydrogen) atoms. The van der Waals surface area contributed by atoms with E-state index in [1.54, 1.807) is 6.92 Å². The molecule has 3 heteroatoms. The predicted molar refractivity (Wildman–Crippen MR) is 74.9 cm³/mol. The molecule has 0 saturated carbocycles. The smallest absolute Gasteiger partial charge is 0.149 e. The van der Waals surface area contributed by atoms with E-state index < -0.39 is 0 Å². The van der Waals surface area contributed by atoms with E-state index in [2.05, 4.69) is 22.8 Å². The van der Waals surface area contributed by atoms with Gasteiger partial charge in [0.15, 0.2) is 0 Å². The predicted octanol–water partition coefficient (Wildman–Crippen LogP) is 2.25. The lowest BCUT2D eigenvalue weighted by Gasteiger charge is -2.26. The van der Waals surface area contributed by atoms with Gasteiger partial charge in [0.1, 0.15) is 18.1 Å². The van der Waals surface area contributed by atoms with Gasteiger partial charge in [-0.25, -0.2) is 0 Å². The van der Waals surface area contributed by atoms with Gasteiger partial charge in [-0.05, 0) is 13.0 Å². The molecule has 0 radical (unpaired) electrons. The van der Waals surface area contributed by atoms with E-state index in [1.165, 1.54) is 0 Å². The highest BCUT2D eigenvalue weighted by atomic mass is 16.5. The minimum atomic E-state index is 0.374. The number of para-hydroxylation sites is 1. The maximum absolute atomic E-state index is 11.2. The van der Waals surface area contributed by atoms with Gasteiger partial charge in [-0.15, -0.1) is 5.92 Å². The second-order valence-electron chi connectivity index (χ2n) is 4.64. The molecular weight excluding hydrogens is 238 g/mol. The lowest BCUT2D eigenvalue weighted by atomic mass is 10.1. The molecule has 0 amide bonds. The van der Waals surface area contributed by atoms with Crippen LogP contribution in [0.3, 0.4) is 0 Å². The number of likely N-dealkylation sites (tertiary alicyclic amines) is 1. The van der Waals surface area contributed by atoms with E-state index in [1.807, 2.05) is 18.2 Å². The summed E-state index contributed by atoms with van der Waals surface area (Å²) >= 11 is 0. The van der Waals surface area contributed by atoms with Crippen molar-refractivity contribution in [1.82, 2.24) is 4.90 Å². The molecule has 0 aromatic heterocycles. The summed E-state index contributed by atoms with van der Waals surface area (Å²) in [6, 6.07) is 8.04. The highest BCUT2D eigenvalue weighted by Gasteiger charge is 2.17. The minimum Gasteiger partial charge on any atom is -0.481 e. The Bertz CT molecular complexity index is 489. The Labute approximate surface area is 114 Å². The Kier molecular flexibility index (Phi) is 5.00. The lowest BCUT2D eigenvalue weighted by Crippen LogP contribution is -2.33. The molecule has 1 aliphatic rings. The van der Waals surface area contributed by atoms with E-state index in [-0.39, 0.29) is 0 Å². The van der Waals surface area contributed by atoms with Crippen molar-refractivity contribution >= 4 is 5.78 Å².